The summed E-state index contributed by atoms with van der Waals surface area (Å²) < 4.78 is 11.1. The molecule has 1 aliphatic heterocycles. The van der Waals surface area contributed by atoms with E-state index < -0.39 is 5.97 Å². The molecule has 1 heterocycles. The van der Waals surface area contributed by atoms with Gasteiger partial charge in [0.1, 0.15) is 12.4 Å². The summed E-state index contributed by atoms with van der Waals surface area (Å²) in [6.45, 7) is 6.21. The van der Waals surface area contributed by atoms with Crippen molar-refractivity contribution in [2.45, 2.75) is 27.4 Å². The van der Waals surface area contributed by atoms with Crippen LogP contribution in [-0.2, 0) is 20.9 Å². The Labute approximate surface area is 199 Å². The van der Waals surface area contributed by atoms with Gasteiger partial charge in [0.15, 0.2) is 0 Å². The first-order valence-corrected chi connectivity index (χ1v) is 11.3. The molecule has 0 saturated heterocycles. The Hall–Kier alpha value is -4.12. The van der Waals surface area contributed by atoms with E-state index in [0.29, 0.717) is 23.6 Å². The van der Waals surface area contributed by atoms with Crippen molar-refractivity contribution in [3.8, 4) is 5.75 Å². The highest BCUT2D eigenvalue weighted by atomic mass is 16.5. The molecule has 0 aromatic heterocycles. The number of anilines is 1. The monoisotopic (exact) mass is 453 g/mol. The van der Waals surface area contributed by atoms with E-state index in [0.717, 1.165) is 22.4 Å². The number of nitrogens with zero attached hydrogens (tertiary/aromatic N) is 1. The summed E-state index contributed by atoms with van der Waals surface area (Å²) in [5, 5.41) is 0. The van der Waals surface area contributed by atoms with Crippen molar-refractivity contribution in [1.82, 2.24) is 0 Å². The van der Waals surface area contributed by atoms with Gasteiger partial charge in [-0.2, -0.15) is 0 Å². The predicted molar refractivity (Wildman–Crippen MR) is 133 cm³/mol. The van der Waals surface area contributed by atoms with Crippen LogP contribution in [0.1, 0.15) is 30.5 Å². The molecule has 0 saturated carbocycles. The normalized spacial score (nSPS) is 14.6. The third-order valence-electron chi connectivity index (χ3n) is 5.61. The second-order valence-corrected chi connectivity index (χ2v) is 8.06. The van der Waals surface area contributed by atoms with E-state index in [1.54, 1.807) is 24.8 Å². The summed E-state index contributed by atoms with van der Waals surface area (Å²) in [5.74, 6) is -0.0341. The Morgan fingerprint density at radius 2 is 1.59 bits per heavy atom. The molecule has 172 valence electrons. The molecular formula is C29H27NO4. The van der Waals surface area contributed by atoms with Gasteiger partial charge in [0.25, 0.3) is 5.91 Å². The molecule has 3 aromatic carbocycles. The van der Waals surface area contributed by atoms with Gasteiger partial charge in [-0.25, -0.2) is 4.79 Å². The van der Waals surface area contributed by atoms with Crippen molar-refractivity contribution < 1.29 is 19.1 Å². The maximum absolute atomic E-state index is 13.4. The van der Waals surface area contributed by atoms with E-state index in [-0.39, 0.29) is 18.1 Å². The van der Waals surface area contributed by atoms with Crippen LogP contribution in [0.15, 0.2) is 95.7 Å². The number of allylic oxidation sites excluding steroid dienone is 1. The zero-order valence-electron chi connectivity index (χ0n) is 19.6. The fourth-order valence-electron chi connectivity index (χ4n) is 3.85. The summed E-state index contributed by atoms with van der Waals surface area (Å²) in [6.07, 6.45) is 1.73. The molecular weight excluding hydrogens is 426 g/mol. The number of esters is 1. The molecule has 3 aromatic rings. The second kappa shape index (κ2) is 10.2. The predicted octanol–water partition coefficient (Wildman–Crippen LogP) is 5.84. The lowest BCUT2D eigenvalue weighted by Crippen LogP contribution is -2.24. The SMILES string of the molecule is CCOC(=O)C1=C(C)N(c2ccc(C)cc2)C(=O)C1=Cc1ccc(OCc2ccccc2)cc1. The number of aryl methyl sites for hydroxylation is 1. The van der Waals surface area contributed by atoms with E-state index in [4.69, 9.17) is 9.47 Å². The van der Waals surface area contributed by atoms with Crippen LogP contribution in [0.4, 0.5) is 5.69 Å². The number of carbonyl (C=O) groups excluding carboxylic acids is 2. The first kappa shape index (κ1) is 23.1. The summed E-state index contributed by atoms with van der Waals surface area (Å²) in [7, 11) is 0. The molecule has 0 atom stereocenters. The minimum Gasteiger partial charge on any atom is -0.489 e. The first-order chi connectivity index (χ1) is 16.5. The minimum atomic E-state index is -0.503. The Balaban J connectivity index is 1.61. The van der Waals surface area contributed by atoms with Gasteiger partial charge >= 0.3 is 5.97 Å². The quantitative estimate of drug-likeness (QED) is 0.333. The van der Waals surface area contributed by atoms with E-state index in [1.165, 1.54) is 0 Å². The van der Waals surface area contributed by atoms with Gasteiger partial charge in [-0.05, 0) is 62.2 Å². The molecule has 1 aliphatic rings. The van der Waals surface area contributed by atoms with Crippen LogP contribution < -0.4 is 9.64 Å². The Bertz CT molecular complexity index is 1240. The number of ether oxygens (including phenoxy) is 2. The second-order valence-electron chi connectivity index (χ2n) is 8.06. The topological polar surface area (TPSA) is 55.8 Å². The van der Waals surface area contributed by atoms with Gasteiger partial charge in [0.2, 0.25) is 0 Å². The molecule has 5 heteroatoms. The van der Waals surface area contributed by atoms with Crippen molar-refractivity contribution in [3.05, 3.63) is 112 Å². The van der Waals surface area contributed by atoms with Crippen LogP contribution in [0, 0.1) is 6.92 Å². The van der Waals surface area contributed by atoms with Crippen molar-refractivity contribution in [1.29, 1.82) is 0 Å². The standard InChI is InChI=1S/C29H27NO4/c1-4-33-29(32)27-21(3)30(24-14-10-20(2)11-15-24)28(31)26(27)18-22-12-16-25(17-13-22)34-19-23-8-6-5-7-9-23/h5-18H,4,19H2,1-3H3. The van der Waals surface area contributed by atoms with Crippen LogP contribution in [0.2, 0.25) is 0 Å². The van der Waals surface area contributed by atoms with Gasteiger partial charge in [-0.3, -0.25) is 9.69 Å². The first-order valence-electron chi connectivity index (χ1n) is 11.3. The fraction of sp³-hybridized carbons (Fsp3) is 0.172. The number of carbonyl (C=O) groups is 2. The van der Waals surface area contributed by atoms with Crippen molar-refractivity contribution in [2.24, 2.45) is 0 Å². The van der Waals surface area contributed by atoms with Crippen LogP contribution in [-0.4, -0.2) is 18.5 Å². The average Bonchev–Trinajstić information content (AvgIpc) is 3.09. The van der Waals surface area contributed by atoms with E-state index in [1.807, 2.05) is 85.8 Å². The molecule has 0 N–H and O–H groups in total. The summed E-state index contributed by atoms with van der Waals surface area (Å²) in [6, 6.07) is 25.0. The molecule has 0 aliphatic carbocycles. The van der Waals surface area contributed by atoms with Gasteiger partial charge in [0, 0.05) is 11.4 Å². The highest BCUT2D eigenvalue weighted by Crippen LogP contribution is 2.35. The zero-order valence-corrected chi connectivity index (χ0v) is 19.6. The Kier molecular flexibility index (Phi) is 6.93. The van der Waals surface area contributed by atoms with Gasteiger partial charge < -0.3 is 9.47 Å². The van der Waals surface area contributed by atoms with Gasteiger partial charge in [-0.15, -0.1) is 0 Å². The van der Waals surface area contributed by atoms with Crippen LogP contribution >= 0.6 is 0 Å². The number of amides is 1. The molecule has 34 heavy (non-hydrogen) atoms. The van der Waals surface area contributed by atoms with Gasteiger partial charge in [-0.1, -0.05) is 60.2 Å². The zero-order chi connectivity index (χ0) is 24.1. The van der Waals surface area contributed by atoms with Crippen LogP contribution in [0.3, 0.4) is 0 Å². The lowest BCUT2D eigenvalue weighted by atomic mass is 10.0. The fourth-order valence-corrected chi connectivity index (χ4v) is 3.85. The van der Waals surface area contributed by atoms with Crippen LogP contribution in [0.5, 0.6) is 5.75 Å². The highest BCUT2D eigenvalue weighted by Gasteiger charge is 2.38. The third-order valence-corrected chi connectivity index (χ3v) is 5.61. The minimum absolute atomic E-state index is 0.231. The van der Waals surface area contributed by atoms with Gasteiger partial charge in [0.05, 0.1) is 17.8 Å². The number of rotatable bonds is 7. The smallest absolute Gasteiger partial charge is 0.340 e. The molecule has 0 unspecified atom stereocenters. The summed E-state index contributed by atoms with van der Waals surface area (Å²) in [5.41, 5.74) is 4.83. The number of benzene rings is 3. The lowest BCUT2D eigenvalue weighted by Gasteiger charge is -2.18. The lowest BCUT2D eigenvalue weighted by molar-refractivity contribution is -0.138. The summed E-state index contributed by atoms with van der Waals surface area (Å²) in [4.78, 5) is 27.8. The molecule has 0 spiro atoms. The Morgan fingerprint density at radius 3 is 2.24 bits per heavy atom. The van der Waals surface area contributed by atoms with E-state index >= 15 is 0 Å². The Morgan fingerprint density at radius 1 is 0.912 bits per heavy atom. The van der Waals surface area contributed by atoms with Crippen LogP contribution in [0.25, 0.3) is 6.08 Å². The third kappa shape index (κ3) is 4.94. The van der Waals surface area contributed by atoms with Crippen molar-refractivity contribution in [3.63, 3.8) is 0 Å². The average molecular weight is 454 g/mol. The maximum Gasteiger partial charge on any atom is 0.340 e. The molecule has 5 nitrogen and oxygen atoms in total. The van der Waals surface area contributed by atoms with E-state index in [9.17, 15) is 9.59 Å². The molecule has 0 bridgehead atoms. The highest BCUT2D eigenvalue weighted by molar-refractivity contribution is 6.23. The van der Waals surface area contributed by atoms with Crippen molar-refractivity contribution >= 4 is 23.6 Å². The van der Waals surface area contributed by atoms with Crippen molar-refractivity contribution in [2.75, 3.05) is 11.5 Å². The largest absolute Gasteiger partial charge is 0.489 e. The summed E-state index contributed by atoms with van der Waals surface area (Å²) >= 11 is 0. The maximum atomic E-state index is 13.4. The number of hydrogen-bond acceptors (Lipinski definition) is 4. The number of hydrogen-bond donors (Lipinski definition) is 0. The molecule has 0 radical (unpaired) electrons. The molecule has 0 fully saturated rings. The molecule has 4 rings (SSSR count). The molecule has 1 amide bonds. The van der Waals surface area contributed by atoms with E-state index in [2.05, 4.69) is 0 Å².